The predicted octanol–water partition coefficient (Wildman–Crippen LogP) is 3.12. The van der Waals surface area contributed by atoms with E-state index in [1.165, 1.54) is 12.1 Å². The first-order valence-electron chi connectivity index (χ1n) is 5.51. The molecule has 17 heavy (non-hydrogen) atoms. The van der Waals surface area contributed by atoms with Gasteiger partial charge in [-0.05, 0) is 38.1 Å². The minimum Gasteiger partial charge on any atom is -0.435 e. The summed E-state index contributed by atoms with van der Waals surface area (Å²) < 4.78 is 33.3. The Labute approximate surface area is 99.7 Å². The zero-order valence-corrected chi connectivity index (χ0v) is 9.95. The van der Waals surface area contributed by atoms with Gasteiger partial charge in [-0.2, -0.15) is 8.78 Å². The predicted molar refractivity (Wildman–Crippen MR) is 62.7 cm³/mol. The third-order valence-electron chi connectivity index (χ3n) is 2.06. The van der Waals surface area contributed by atoms with E-state index in [9.17, 15) is 8.78 Å². The highest BCUT2D eigenvalue weighted by molar-refractivity contribution is 5.46. The molecule has 0 heterocycles. The molecule has 0 aromatic heterocycles. The van der Waals surface area contributed by atoms with Crippen LogP contribution in [0.15, 0.2) is 24.3 Å². The molecule has 1 aromatic carbocycles. The van der Waals surface area contributed by atoms with Crippen LogP contribution in [0.4, 0.5) is 14.5 Å². The van der Waals surface area contributed by atoms with Gasteiger partial charge in [-0.3, -0.25) is 0 Å². The molecule has 5 heteroatoms. The smallest absolute Gasteiger partial charge is 0.387 e. The van der Waals surface area contributed by atoms with Gasteiger partial charge in [0.2, 0.25) is 0 Å². The van der Waals surface area contributed by atoms with E-state index in [1.807, 2.05) is 13.8 Å². The van der Waals surface area contributed by atoms with Gasteiger partial charge in [0, 0.05) is 18.3 Å². The maximum atomic E-state index is 11.9. The van der Waals surface area contributed by atoms with E-state index in [4.69, 9.17) is 4.74 Å². The fourth-order valence-corrected chi connectivity index (χ4v) is 1.35. The zero-order valence-electron chi connectivity index (χ0n) is 9.95. The largest absolute Gasteiger partial charge is 0.435 e. The lowest BCUT2D eigenvalue weighted by Gasteiger charge is -2.15. The van der Waals surface area contributed by atoms with Crippen LogP contribution < -0.4 is 10.1 Å². The summed E-state index contributed by atoms with van der Waals surface area (Å²) in [5, 5.41) is 3.19. The van der Waals surface area contributed by atoms with Crippen LogP contribution in [0.1, 0.15) is 13.8 Å². The maximum Gasteiger partial charge on any atom is 0.387 e. The molecular weight excluding hydrogens is 228 g/mol. The Morgan fingerprint density at radius 3 is 2.41 bits per heavy atom. The first kappa shape index (κ1) is 13.7. The molecule has 96 valence electrons. The molecule has 1 N–H and O–H groups in total. The summed E-state index contributed by atoms with van der Waals surface area (Å²) in [6, 6.07) is 6.56. The van der Waals surface area contributed by atoms with E-state index in [0.717, 1.165) is 5.69 Å². The first-order chi connectivity index (χ1) is 8.11. The molecule has 0 saturated carbocycles. The molecule has 3 nitrogen and oxygen atoms in total. The average Bonchev–Trinajstić information content (AvgIpc) is 2.28. The Morgan fingerprint density at radius 1 is 1.24 bits per heavy atom. The molecule has 1 atom stereocenters. The number of rotatable bonds is 7. The van der Waals surface area contributed by atoms with Gasteiger partial charge in [0.1, 0.15) is 5.75 Å². The van der Waals surface area contributed by atoms with Gasteiger partial charge in [0.05, 0.1) is 6.61 Å². The quantitative estimate of drug-likeness (QED) is 0.800. The summed E-state index contributed by atoms with van der Waals surface area (Å²) in [7, 11) is 0. The van der Waals surface area contributed by atoms with Crippen molar-refractivity contribution in [1.29, 1.82) is 0 Å². The lowest BCUT2D eigenvalue weighted by Crippen LogP contribution is -2.21. The molecule has 1 rings (SSSR count). The van der Waals surface area contributed by atoms with Crippen molar-refractivity contribution in [2.45, 2.75) is 26.5 Å². The van der Waals surface area contributed by atoms with Crippen molar-refractivity contribution in [3.63, 3.8) is 0 Å². The van der Waals surface area contributed by atoms with Gasteiger partial charge in [0.25, 0.3) is 0 Å². The SMILES string of the molecule is CCOCC(C)Nc1ccc(OC(F)F)cc1. The standard InChI is InChI=1S/C12H17F2NO2/c1-3-16-8-9(2)15-10-4-6-11(7-5-10)17-12(13)14/h4-7,9,12,15H,3,8H2,1-2H3. The first-order valence-corrected chi connectivity index (χ1v) is 5.51. The van der Waals surface area contributed by atoms with Gasteiger partial charge >= 0.3 is 6.61 Å². The van der Waals surface area contributed by atoms with Crippen molar-refractivity contribution >= 4 is 5.69 Å². The number of halogens is 2. The van der Waals surface area contributed by atoms with Crippen LogP contribution in [0, 0.1) is 0 Å². The van der Waals surface area contributed by atoms with Gasteiger partial charge in [-0.25, -0.2) is 0 Å². The van der Waals surface area contributed by atoms with Gasteiger partial charge in [-0.1, -0.05) is 0 Å². The van der Waals surface area contributed by atoms with Crippen LogP contribution in [0.5, 0.6) is 5.75 Å². The number of hydrogen-bond acceptors (Lipinski definition) is 3. The van der Waals surface area contributed by atoms with Gasteiger partial charge in [-0.15, -0.1) is 0 Å². The topological polar surface area (TPSA) is 30.5 Å². The summed E-state index contributed by atoms with van der Waals surface area (Å²) in [4.78, 5) is 0. The number of hydrogen-bond donors (Lipinski definition) is 1. The van der Waals surface area contributed by atoms with Crippen molar-refractivity contribution < 1.29 is 18.3 Å². The fraction of sp³-hybridized carbons (Fsp3) is 0.500. The molecule has 0 spiro atoms. The van der Waals surface area contributed by atoms with Crippen molar-refractivity contribution in [2.75, 3.05) is 18.5 Å². The summed E-state index contributed by atoms with van der Waals surface area (Å²) in [6.07, 6.45) is 0. The second kappa shape index (κ2) is 7.06. The highest BCUT2D eigenvalue weighted by Crippen LogP contribution is 2.18. The molecule has 0 bridgehead atoms. The van der Waals surface area contributed by atoms with Crippen LogP contribution in [-0.2, 0) is 4.74 Å². The molecule has 0 fully saturated rings. The maximum absolute atomic E-state index is 11.9. The van der Waals surface area contributed by atoms with Crippen LogP contribution >= 0.6 is 0 Å². The van der Waals surface area contributed by atoms with Crippen LogP contribution in [-0.4, -0.2) is 25.9 Å². The second-order valence-electron chi connectivity index (χ2n) is 3.61. The van der Waals surface area contributed by atoms with Crippen molar-refractivity contribution in [3.05, 3.63) is 24.3 Å². The molecule has 0 aliphatic carbocycles. The van der Waals surface area contributed by atoms with E-state index in [1.54, 1.807) is 12.1 Å². The molecule has 0 aliphatic rings. The Kier molecular flexibility index (Phi) is 5.69. The lowest BCUT2D eigenvalue weighted by atomic mass is 10.2. The summed E-state index contributed by atoms with van der Waals surface area (Å²) in [6.45, 7) is 2.41. The molecule has 1 aromatic rings. The minimum atomic E-state index is -2.79. The Bertz CT molecular complexity index is 317. The molecular formula is C12H17F2NO2. The van der Waals surface area contributed by atoms with E-state index in [2.05, 4.69) is 10.1 Å². The highest BCUT2D eigenvalue weighted by atomic mass is 19.3. The molecule has 0 saturated heterocycles. The summed E-state index contributed by atoms with van der Waals surface area (Å²) in [5.74, 6) is 0.156. The average molecular weight is 245 g/mol. The lowest BCUT2D eigenvalue weighted by molar-refractivity contribution is -0.0498. The molecule has 0 aliphatic heterocycles. The Hall–Kier alpha value is -1.36. The summed E-state index contributed by atoms with van der Waals surface area (Å²) >= 11 is 0. The Morgan fingerprint density at radius 2 is 1.88 bits per heavy atom. The van der Waals surface area contributed by atoms with E-state index in [-0.39, 0.29) is 11.8 Å². The zero-order chi connectivity index (χ0) is 12.7. The molecule has 0 amide bonds. The van der Waals surface area contributed by atoms with Gasteiger partial charge in [0.15, 0.2) is 0 Å². The van der Waals surface area contributed by atoms with Gasteiger partial charge < -0.3 is 14.8 Å². The highest BCUT2D eigenvalue weighted by Gasteiger charge is 2.05. The number of benzene rings is 1. The van der Waals surface area contributed by atoms with Crippen LogP contribution in [0.25, 0.3) is 0 Å². The van der Waals surface area contributed by atoms with Crippen molar-refractivity contribution in [3.8, 4) is 5.75 Å². The minimum absolute atomic E-state index is 0.156. The monoisotopic (exact) mass is 245 g/mol. The number of anilines is 1. The second-order valence-corrected chi connectivity index (χ2v) is 3.61. The van der Waals surface area contributed by atoms with Crippen molar-refractivity contribution in [2.24, 2.45) is 0 Å². The number of ether oxygens (including phenoxy) is 2. The molecule has 0 radical (unpaired) electrons. The Balaban J connectivity index is 2.44. The van der Waals surface area contributed by atoms with E-state index < -0.39 is 6.61 Å². The van der Waals surface area contributed by atoms with Crippen LogP contribution in [0.3, 0.4) is 0 Å². The van der Waals surface area contributed by atoms with Crippen molar-refractivity contribution in [1.82, 2.24) is 0 Å². The van der Waals surface area contributed by atoms with Crippen LogP contribution in [0.2, 0.25) is 0 Å². The molecule has 1 unspecified atom stereocenters. The number of nitrogens with one attached hydrogen (secondary N) is 1. The third kappa shape index (κ3) is 5.49. The summed E-state index contributed by atoms with van der Waals surface area (Å²) in [5.41, 5.74) is 0.846. The van der Waals surface area contributed by atoms with E-state index >= 15 is 0 Å². The van der Waals surface area contributed by atoms with E-state index in [0.29, 0.717) is 13.2 Å². The number of alkyl halides is 2. The fourth-order valence-electron chi connectivity index (χ4n) is 1.35. The third-order valence-corrected chi connectivity index (χ3v) is 2.06. The normalized spacial score (nSPS) is 12.5.